The first-order valence-corrected chi connectivity index (χ1v) is 10.4. The van der Waals surface area contributed by atoms with Crippen LogP contribution in [-0.2, 0) is 19.4 Å². The monoisotopic (exact) mass is 392 g/mol. The number of ketones is 1. The number of Topliss-reactive ketones (excluding diaryl/α,β-unsaturated/α-hetero) is 1. The van der Waals surface area contributed by atoms with E-state index in [0.29, 0.717) is 22.7 Å². The first-order valence-electron chi connectivity index (χ1n) is 9.54. The Morgan fingerprint density at radius 3 is 3.00 bits per heavy atom. The number of aryl methyl sites for hydroxylation is 2. The first-order chi connectivity index (χ1) is 13.5. The van der Waals surface area contributed by atoms with Crippen LogP contribution >= 0.6 is 11.3 Å². The van der Waals surface area contributed by atoms with Crippen LogP contribution < -0.4 is 5.56 Å². The van der Waals surface area contributed by atoms with Crippen molar-refractivity contribution in [3.8, 4) is 0 Å². The SMILES string of the molecule is Cc1nc2sc3c(c2c(=O)n1CC(=O)c1cc2ccccc2o1)CCC(C)C3. The second kappa shape index (κ2) is 6.41. The molecule has 0 radical (unpaired) electrons. The summed E-state index contributed by atoms with van der Waals surface area (Å²) in [4.78, 5) is 32.8. The number of para-hydroxylation sites is 1. The van der Waals surface area contributed by atoms with Crippen molar-refractivity contribution < 1.29 is 9.21 Å². The van der Waals surface area contributed by atoms with Gasteiger partial charge in [0.1, 0.15) is 16.2 Å². The zero-order valence-corrected chi connectivity index (χ0v) is 16.6. The van der Waals surface area contributed by atoms with Crippen LogP contribution in [0.25, 0.3) is 21.2 Å². The minimum Gasteiger partial charge on any atom is -0.453 e. The third-order valence-electron chi connectivity index (χ3n) is 5.61. The third kappa shape index (κ3) is 2.71. The first kappa shape index (κ1) is 17.4. The maximum absolute atomic E-state index is 13.2. The summed E-state index contributed by atoms with van der Waals surface area (Å²) in [5.41, 5.74) is 1.70. The highest BCUT2D eigenvalue weighted by Crippen LogP contribution is 2.35. The van der Waals surface area contributed by atoms with E-state index in [4.69, 9.17) is 4.42 Å². The molecule has 4 aromatic rings. The van der Waals surface area contributed by atoms with Gasteiger partial charge >= 0.3 is 0 Å². The standard InChI is InChI=1S/C22H20N2O3S/c1-12-7-8-15-19(9-12)28-21-20(15)22(26)24(13(2)23-21)11-16(25)18-10-14-5-3-4-6-17(14)27-18/h3-6,10,12H,7-9,11H2,1-2H3. The fourth-order valence-corrected chi connectivity index (χ4v) is 5.47. The summed E-state index contributed by atoms with van der Waals surface area (Å²) < 4.78 is 7.16. The molecule has 6 heteroatoms. The van der Waals surface area contributed by atoms with Gasteiger partial charge in [0.25, 0.3) is 5.56 Å². The van der Waals surface area contributed by atoms with Gasteiger partial charge in [0.2, 0.25) is 5.78 Å². The number of benzene rings is 1. The van der Waals surface area contributed by atoms with E-state index in [-0.39, 0.29) is 23.6 Å². The molecule has 1 aromatic carbocycles. The molecule has 5 rings (SSSR count). The van der Waals surface area contributed by atoms with Crippen LogP contribution in [0.5, 0.6) is 0 Å². The van der Waals surface area contributed by atoms with E-state index in [2.05, 4.69) is 11.9 Å². The molecule has 0 fully saturated rings. The van der Waals surface area contributed by atoms with E-state index >= 15 is 0 Å². The lowest BCUT2D eigenvalue weighted by atomic mass is 9.89. The summed E-state index contributed by atoms with van der Waals surface area (Å²) >= 11 is 1.63. The van der Waals surface area contributed by atoms with Gasteiger partial charge in [0, 0.05) is 10.3 Å². The molecule has 5 nitrogen and oxygen atoms in total. The second-order valence-corrected chi connectivity index (χ2v) is 8.74. The molecule has 0 saturated heterocycles. The molecule has 3 aromatic heterocycles. The molecular formula is C22H20N2O3S. The average molecular weight is 392 g/mol. The summed E-state index contributed by atoms with van der Waals surface area (Å²) in [7, 11) is 0. The summed E-state index contributed by atoms with van der Waals surface area (Å²) in [6.45, 7) is 3.97. The predicted octanol–water partition coefficient (Wildman–Crippen LogP) is 4.52. The van der Waals surface area contributed by atoms with Gasteiger partial charge < -0.3 is 4.42 Å². The number of carbonyl (C=O) groups is 1. The smallest absolute Gasteiger partial charge is 0.262 e. The van der Waals surface area contributed by atoms with Gasteiger partial charge in [0.05, 0.1) is 11.9 Å². The van der Waals surface area contributed by atoms with E-state index in [9.17, 15) is 9.59 Å². The summed E-state index contributed by atoms with van der Waals surface area (Å²) in [6, 6.07) is 9.24. The molecule has 0 bridgehead atoms. The maximum Gasteiger partial charge on any atom is 0.262 e. The van der Waals surface area contributed by atoms with Crippen molar-refractivity contribution in [2.24, 2.45) is 5.92 Å². The highest BCUT2D eigenvalue weighted by molar-refractivity contribution is 7.18. The molecule has 0 amide bonds. The van der Waals surface area contributed by atoms with Crippen molar-refractivity contribution >= 4 is 38.3 Å². The summed E-state index contributed by atoms with van der Waals surface area (Å²) in [5.74, 6) is 1.25. The Balaban J connectivity index is 1.57. The van der Waals surface area contributed by atoms with E-state index < -0.39 is 0 Å². The quantitative estimate of drug-likeness (QED) is 0.481. The summed E-state index contributed by atoms with van der Waals surface area (Å²) in [6.07, 6.45) is 3.00. The van der Waals surface area contributed by atoms with Crippen molar-refractivity contribution in [3.05, 3.63) is 62.7 Å². The Hall–Kier alpha value is -2.73. The average Bonchev–Trinajstić information content (AvgIpc) is 3.25. The van der Waals surface area contributed by atoms with Gasteiger partial charge in [-0.1, -0.05) is 25.1 Å². The number of aromatic nitrogens is 2. The van der Waals surface area contributed by atoms with E-state index in [0.717, 1.165) is 35.0 Å². The number of carbonyl (C=O) groups excluding carboxylic acids is 1. The van der Waals surface area contributed by atoms with Crippen LogP contribution in [0.2, 0.25) is 0 Å². The minimum atomic E-state index is -0.222. The Kier molecular flexibility index (Phi) is 3.98. The summed E-state index contributed by atoms with van der Waals surface area (Å²) in [5, 5.41) is 1.58. The fourth-order valence-electron chi connectivity index (χ4n) is 4.05. The van der Waals surface area contributed by atoms with Crippen molar-refractivity contribution in [1.82, 2.24) is 9.55 Å². The van der Waals surface area contributed by atoms with Gasteiger partial charge in [-0.05, 0) is 49.8 Å². The number of nitrogens with zero attached hydrogens (tertiary/aromatic N) is 2. The van der Waals surface area contributed by atoms with Gasteiger partial charge in [-0.15, -0.1) is 11.3 Å². The highest BCUT2D eigenvalue weighted by atomic mass is 32.1. The largest absolute Gasteiger partial charge is 0.453 e. The maximum atomic E-state index is 13.2. The molecular weight excluding hydrogens is 372 g/mol. The van der Waals surface area contributed by atoms with Crippen LogP contribution in [0.15, 0.2) is 39.5 Å². The molecule has 28 heavy (non-hydrogen) atoms. The van der Waals surface area contributed by atoms with Crippen LogP contribution in [-0.4, -0.2) is 15.3 Å². The highest BCUT2D eigenvalue weighted by Gasteiger charge is 2.25. The van der Waals surface area contributed by atoms with Crippen molar-refractivity contribution in [1.29, 1.82) is 0 Å². The molecule has 1 atom stereocenters. The Labute approximate surface area is 165 Å². The normalized spacial score (nSPS) is 16.6. The third-order valence-corrected chi connectivity index (χ3v) is 6.76. The zero-order valence-electron chi connectivity index (χ0n) is 15.8. The number of hydrogen-bond acceptors (Lipinski definition) is 5. The number of hydrogen-bond donors (Lipinski definition) is 0. The van der Waals surface area contributed by atoms with E-state index in [1.54, 1.807) is 24.3 Å². The molecule has 1 aliphatic carbocycles. The fraction of sp³-hybridized carbons (Fsp3) is 0.318. The van der Waals surface area contributed by atoms with Gasteiger partial charge in [0.15, 0.2) is 5.76 Å². The number of fused-ring (bicyclic) bond motifs is 4. The molecule has 142 valence electrons. The number of furan rings is 1. The lowest BCUT2D eigenvalue weighted by Gasteiger charge is -2.17. The molecule has 0 saturated carbocycles. The molecule has 3 heterocycles. The van der Waals surface area contributed by atoms with Gasteiger partial charge in [-0.25, -0.2) is 4.98 Å². The van der Waals surface area contributed by atoms with Crippen molar-refractivity contribution in [2.45, 2.75) is 39.7 Å². The van der Waals surface area contributed by atoms with Gasteiger partial charge in [-0.2, -0.15) is 0 Å². The Bertz CT molecular complexity index is 1260. The van der Waals surface area contributed by atoms with Crippen LogP contribution in [0, 0.1) is 12.8 Å². The Morgan fingerprint density at radius 2 is 2.18 bits per heavy atom. The molecule has 0 spiro atoms. The van der Waals surface area contributed by atoms with E-state index in [1.807, 2.05) is 24.3 Å². The molecule has 1 unspecified atom stereocenters. The minimum absolute atomic E-state index is 0.0611. The van der Waals surface area contributed by atoms with Crippen LogP contribution in [0.4, 0.5) is 0 Å². The molecule has 0 N–H and O–H groups in total. The Morgan fingerprint density at radius 1 is 1.36 bits per heavy atom. The predicted molar refractivity (Wildman–Crippen MR) is 110 cm³/mol. The zero-order chi connectivity index (χ0) is 19.4. The van der Waals surface area contributed by atoms with Gasteiger partial charge in [-0.3, -0.25) is 14.2 Å². The van der Waals surface area contributed by atoms with Crippen molar-refractivity contribution in [2.75, 3.05) is 0 Å². The second-order valence-electron chi connectivity index (χ2n) is 7.65. The lowest BCUT2D eigenvalue weighted by molar-refractivity contribution is 0.0944. The van der Waals surface area contributed by atoms with Crippen LogP contribution in [0.1, 0.15) is 40.2 Å². The number of thiophene rings is 1. The topological polar surface area (TPSA) is 65.1 Å². The molecule has 1 aliphatic rings. The van der Waals surface area contributed by atoms with Crippen molar-refractivity contribution in [3.63, 3.8) is 0 Å². The lowest BCUT2D eigenvalue weighted by Crippen LogP contribution is -2.27. The molecule has 0 aliphatic heterocycles. The number of rotatable bonds is 3. The van der Waals surface area contributed by atoms with Crippen LogP contribution in [0.3, 0.4) is 0 Å². The van der Waals surface area contributed by atoms with E-state index in [1.165, 1.54) is 9.44 Å².